The second-order valence-electron chi connectivity index (χ2n) is 3.12. The summed E-state index contributed by atoms with van der Waals surface area (Å²) in [5.74, 6) is 0.988. The lowest BCUT2D eigenvalue weighted by atomic mass is 10.3. The highest BCUT2D eigenvalue weighted by atomic mass is 32.2. The second-order valence-corrected chi connectivity index (χ2v) is 3.96. The summed E-state index contributed by atoms with van der Waals surface area (Å²) in [6, 6.07) is 7.99. The zero-order valence-electron chi connectivity index (χ0n) is 8.84. The number of aromatic nitrogens is 2. The monoisotopic (exact) mass is 232 g/mol. The fraction of sp³-hybridized carbons (Fsp3) is 0.0909. The molecule has 0 fully saturated rings. The minimum atomic E-state index is 0.401. The van der Waals surface area contributed by atoms with E-state index in [9.17, 15) is 0 Å². The third kappa shape index (κ3) is 2.25. The molecule has 2 aromatic rings. The molecule has 1 aromatic heterocycles. The van der Waals surface area contributed by atoms with E-state index in [0.29, 0.717) is 11.6 Å². The Bertz CT molecular complexity index is 487. The average Bonchev–Trinajstić information content (AvgIpc) is 2.33. The quantitative estimate of drug-likeness (QED) is 0.796. The number of rotatable bonds is 3. The number of thioether (sulfide) groups is 1. The Morgan fingerprint density at radius 1 is 1.19 bits per heavy atom. The molecule has 82 valence electrons. The van der Waals surface area contributed by atoms with Crippen molar-refractivity contribution in [3.8, 4) is 0 Å². The van der Waals surface area contributed by atoms with Crippen LogP contribution >= 0.6 is 11.8 Å². The fourth-order valence-electron chi connectivity index (χ4n) is 1.32. The predicted molar refractivity (Wildman–Crippen MR) is 68.0 cm³/mol. The lowest BCUT2D eigenvalue weighted by molar-refractivity contribution is 1.20. The van der Waals surface area contributed by atoms with Gasteiger partial charge in [0.05, 0.1) is 5.69 Å². The summed E-state index contributed by atoms with van der Waals surface area (Å²) >= 11 is 1.67. The third-order valence-electron chi connectivity index (χ3n) is 2.09. The molecule has 1 aromatic carbocycles. The van der Waals surface area contributed by atoms with E-state index in [0.717, 1.165) is 10.6 Å². The first-order valence-corrected chi connectivity index (χ1v) is 6.00. The van der Waals surface area contributed by atoms with Crippen molar-refractivity contribution in [3.05, 3.63) is 36.7 Å². The Kier molecular flexibility index (Phi) is 3.26. The maximum absolute atomic E-state index is 5.72. The molecule has 0 saturated carbocycles. The Balaban J connectivity index is 2.30. The molecule has 0 spiro atoms. The number of nitrogens with two attached hydrogens (primary N) is 1. The lowest BCUT2D eigenvalue weighted by Crippen LogP contribution is -2.01. The summed E-state index contributed by atoms with van der Waals surface area (Å²) in [4.78, 5) is 9.26. The SMILES string of the molecule is CSc1ccccc1Nc1nccnc1N. The number of nitrogens with zero attached hydrogens (tertiary/aromatic N) is 2. The van der Waals surface area contributed by atoms with Gasteiger partial charge < -0.3 is 11.1 Å². The van der Waals surface area contributed by atoms with Crippen LogP contribution in [0.2, 0.25) is 0 Å². The van der Waals surface area contributed by atoms with Gasteiger partial charge in [-0.05, 0) is 18.4 Å². The van der Waals surface area contributed by atoms with Gasteiger partial charge in [-0.2, -0.15) is 0 Å². The number of nitrogen functional groups attached to an aromatic ring is 1. The summed E-state index contributed by atoms with van der Waals surface area (Å²) in [5.41, 5.74) is 6.71. The molecule has 0 unspecified atom stereocenters. The number of hydrogen-bond donors (Lipinski definition) is 2. The van der Waals surface area contributed by atoms with E-state index in [4.69, 9.17) is 5.73 Å². The molecule has 0 aliphatic carbocycles. The van der Waals surface area contributed by atoms with Crippen molar-refractivity contribution in [2.45, 2.75) is 4.90 Å². The zero-order valence-corrected chi connectivity index (χ0v) is 9.66. The van der Waals surface area contributed by atoms with Gasteiger partial charge in [-0.25, -0.2) is 9.97 Å². The van der Waals surface area contributed by atoms with Gasteiger partial charge in [-0.15, -0.1) is 11.8 Å². The molecule has 5 heteroatoms. The Morgan fingerprint density at radius 3 is 2.69 bits per heavy atom. The van der Waals surface area contributed by atoms with Crippen molar-refractivity contribution in [2.75, 3.05) is 17.3 Å². The van der Waals surface area contributed by atoms with Gasteiger partial charge in [0.1, 0.15) is 0 Å². The van der Waals surface area contributed by atoms with Crippen LogP contribution in [0.4, 0.5) is 17.3 Å². The first kappa shape index (κ1) is 10.8. The minimum Gasteiger partial charge on any atom is -0.381 e. The molecule has 0 radical (unpaired) electrons. The van der Waals surface area contributed by atoms with Crippen molar-refractivity contribution in [1.29, 1.82) is 0 Å². The van der Waals surface area contributed by atoms with Crippen LogP contribution in [0.5, 0.6) is 0 Å². The molecule has 0 aliphatic rings. The van der Waals surface area contributed by atoms with Gasteiger partial charge in [-0.3, -0.25) is 0 Å². The summed E-state index contributed by atoms with van der Waals surface area (Å²) in [5, 5.41) is 3.17. The van der Waals surface area contributed by atoms with Gasteiger partial charge >= 0.3 is 0 Å². The van der Waals surface area contributed by atoms with E-state index < -0.39 is 0 Å². The van der Waals surface area contributed by atoms with Crippen molar-refractivity contribution in [1.82, 2.24) is 9.97 Å². The van der Waals surface area contributed by atoms with E-state index in [-0.39, 0.29) is 0 Å². The van der Waals surface area contributed by atoms with E-state index in [1.807, 2.05) is 30.5 Å². The van der Waals surface area contributed by atoms with E-state index >= 15 is 0 Å². The molecule has 4 nitrogen and oxygen atoms in total. The highest BCUT2D eigenvalue weighted by Crippen LogP contribution is 2.28. The molecule has 1 heterocycles. The lowest BCUT2D eigenvalue weighted by Gasteiger charge is -2.10. The first-order chi connectivity index (χ1) is 7.81. The molecule has 0 saturated heterocycles. The summed E-state index contributed by atoms with van der Waals surface area (Å²) < 4.78 is 0. The smallest absolute Gasteiger partial charge is 0.173 e. The molecular weight excluding hydrogens is 220 g/mol. The van der Waals surface area contributed by atoms with Crippen molar-refractivity contribution < 1.29 is 0 Å². The van der Waals surface area contributed by atoms with E-state index in [2.05, 4.69) is 15.3 Å². The average molecular weight is 232 g/mol. The highest BCUT2D eigenvalue weighted by molar-refractivity contribution is 7.98. The molecular formula is C11H12N4S. The van der Waals surface area contributed by atoms with Crippen LogP contribution in [0, 0.1) is 0 Å². The zero-order chi connectivity index (χ0) is 11.4. The predicted octanol–water partition coefficient (Wildman–Crippen LogP) is 2.52. The van der Waals surface area contributed by atoms with Crippen molar-refractivity contribution >= 4 is 29.1 Å². The van der Waals surface area contributed by atoms with Crippen LogP contribution in [0.15, 0.2) is 41.6 Å². The molecule has 0 atom stereocenters. The van der Waals surface area contributed by atoms with Gasteiger partial charge in [0.15, 0.2) is 11.6 Å². The second kappa shape index (κ2) is 4.85. The third-order valence-corrected chi connectivity index (χ3v) is 2.88. The maximum Gasteiger partial charge on any atom is 0.173 e. The molecule has 0 amide bonds. The van der Waals surface area contributed by atoms with Gasteiger partial charge in [-0.1, -0.05) is 12.1 Å². The van der Waals surface area contributed by atoms with Crippen LogP contribution in [0.3, 0.4) is 0 Å². The minimum absolute atomic E-state index is 0.401. The summed E-state index contributed by atoms with van der Waals surface area (Å²) in [6.07, 6.45) is 5.21. The van der Waals surface area contributed by atoms with Crippen molar-refractivity contribution in [2.24, 2.45) is 0 Å². The van der Waals surface area contributed by atoms with Gasteiger partial charge in [0.2, 0.25) is 0 Å². The largest absolute Gasteiger partial charge is 0.381 e. The fourth-order valence-corrected chi connectivity index (χ4v) is 1.87. The van der Waals surface area contributed by atoms with E-state index in [1.54, 1.807) is 24.2 Å². The van der Waals surface area contributed by atoms with Crippen LogP contribution < -0.4 is 11.1 Å². The maximum atomic E-state index is 5.72. The Hall–Kier alpha value is -1.75. The van der Waals surface area contributed by atoms with Crippen LogP contribution in [0.1, 0.15) is 0 Å². The van der Waals surface area contributed by atoms with Crippen molar-refractivity contribution in [3.63, 3.8) is 0 Å². The molecule has 3 N–H and O–H groups in total. The summed E-state index contributed by atoms with van der Waals surface area (Å²) in [6.45, 7) is 0. The molecule has 0 aliphatic heterocycles. The van der Waals surface area contributed by atoms with Crippen LogP contribution in [-0.4, -0.2) is 16.2 Å². The molecule has 16 heavy (non-hydrogen) atoms. The van der Waals surface area contributed by atoms with Gasteiger partial charge in [0.25, 0.3) is 0 Å². The number of benzene rings is 1. The van der Waals surface area contributed by atoms with Gasteiger partial charge in [0, 0.05) is 17.3 Å². The number of anilines is 3. The number of hydrogen-bond acceptors (Lipinski definition) is 5. The molecule has 2 rings (SSSR count). The van der Waals surface area contributed by atoms with E-state index in [1.165, 1.54) is 0 Å². The first-order valence-electron chi connectivity index (χ1n) is 4.78. The Labute approximate surface area is 98.3 Å². The normalized spacial score (nSPS) is 10.1. The topological polar surface area (TPSA) is 63.8 Å². The number of nitrogens with one attached hydrogen (secondary N) is 1. The summed E-state index contributed by atoms with van der Waals surface area (Å²) in [7, 11) is 0. The van der Waals surface area contributed by atoms with Crippen LogP contribution in [0.25, 0.3) is 0 Å². The van der Waals surface area contributed by atoms with Crippen LogP contribution in [-0.2, 0) is 0 Å². The molecule has 0 bridgehead atoms. The standard InChI is InChI=1S/C11H12N4S/c1-16-9-5-3-2-4-8(9)15-11-10(12)13-6-7-14-11/h2-7H,1H3,(H2,12,13)(H,14,15). The highest BCUT2D eigenvalue weighted by Gasteiger charge is 2.04. The number of para-hydroxylation sites is 1. The Morgan fingerprint density at radius 2 is 1.94 bits per heavy atom.